The van der Waals surface area contributed by atoms with Crippen LogP contribution in [0.5, 0.6) is 0 Å². The summed E-state index contributed by atoms with van der Waals surface area (Å²) in [5.41, 5.74) is 6.86. The Morgan fingerprint density at radius 1 is 1.22 bits per heavy atom. The van der Waals surface area contributed by atoms with Gasteiger partial charge >= 0.3 is 5.76 Å². The van der Waals surface area contributed by atoms with Gasteiger partial charge in [0.05, 0.1) is 10.5 Å². The molecule has 14 heteroatoms. The normalized spacial score (nSPS) is 13.4. The molecule has 36 heavy (non-hydrogen) atoms. The van der Waals surface area contributed by atoms with Gasteiger partial charge in [-0.15, -0.1) is 15.3 Å². The number of nitrogens with one attached hydrogen (secondary N) is 2. The maximum Gasteiger partial charge on any atom is 0.434 e. The van der Waals surface area contributed by atoms with E-state index in [4.69, 9.17) is 14.6 Å². The van der Waals surface area contributed by atoms with E-state index in [2.05, 4.69) is 25.1 Å². The first-order valence-electron chi connectivity index (χ1n) is 10.5. The van der Waals surface area contributed by atoms with Crippen LogP contribution in [-0.4, -0.2) is 34.7 Å². The lowest BCUT2D eigenvalue weighted by atomic mass is 9.88. The molecule has 0 aliphatic rings. The van der Waals surface area contributed by atoms with E-state index in [1.165, 1.54) is 18.2 Å². The summed E-state index contributed by atoms with van der Waals surface area (Å²) in [4.78, 5) is 23.2. The Hall–Kier alpha value is -4.17. The van der Waals surface area contributed by atoms with Crippen LogP contribution in [0.25, 0.3) is 11.5 Å². The number of aromatic amines is 1. The number of sulfonamides is 1. The van der Waals surface area contributed by atoms with E-state index in [1.54, 1.807) is 26.8 Å². The van der Waals surface area contributed by atoms with Gasteiger partial charge in [-0.3, -0.25) is 4.79 Å². The summed E-state index contributed by atoms with van der Waals surface area (Å²) in [7, 11) is -4.56. The number of H-pyrrole nitrogens is 1. The lowest BCUT2D eigenvalue weighted by Gasteiger charge is -2.25. The molecule has 0 aliphatic carbocycles. The number of rotatable bonds is 8. The molecule has 4 aromatic rings. The van der Waals surface area contributed by atoms with E-state index in [1.807, 2.05) is 0 Å². The minimum absolute atomic E-state index is 0.00291. The number of primary amides is 1. The molecule has 188 valence electrons. The first-order chi connectivity index (χ1) is 17.0. The molecule has 0 saturated heterocycles. The van der Waals surface area contributed by atoms with Gasteiger partial charge in [-0.2, -0.15) is 4.72 Å². The van der Waals surface area contributed by atoms with Crippen molar-refractivity contribution in [2.24, 2.45) is 5.73 Å². The van der Waals surface area contributed by atoms with E-state index < -0.39 is 44.4 Å². The van der Waals surface area contributed by atoms with Crippen molar-refractivity contribution in [2.75, 3.05) is 0 Å². The van der Waals surface area contributed by atoms with Crippen LogP contribution in [-0.2, 0) is 10.0 Å². The highest BCUT2D eigenvalue weighted by Crippen LogP contribution is 2.36. The third kappa shape index (κ3) is 4.67. The monoisotopic (exact) mass is 516 g/mol. The van der Waals surface area contributed by atoms with Crippen LogP contribution in [0.2, 0.25) is 0 Å². The van der Waals surface area contributed by atoms with Gasteiger partial charge in [-0.1, -0.05) is 13.0 Å². The number of halogens is 1. The standard InChI is InChI=1S/C22H21FN6O6S/c1-10-4-7-15(23)17(11(10)2)12(3)18(21-27-28-22(31)35-21)29-36(32,33)16-8-13(20-26-25-9-34-20)5-6-14(16)19(24)30/h4-9,12,18,29H,1-3H3,(H2,24,30)(H,28,31). The Balaban J connectivity index is 1.85. The van der Waals surface area contributed by atoms with Gasteiger partial charge in [0.15, 0.2) is 0 Å². The Morgan fingerprint density at radius 2 is 1.97 bits per heavy atom. The van der Waals surface area contributed by atoms with Crippen molar-refractivity contribution < 1.29 is 26.4 Å². The van der Waals surface area contributed by atoms with Crippen molar-refractivity contribution in [1.82, 2.24) is 25.1 Å². The van der Waals surface area contributed by atoms with Crippen molar-refractivity contribution in [3.05, 3.63) is 81.2 Å². The molecule has 0 spiro atoms. The fraction of sp³-hybridized carbons (Fsp3) is 0.227. The molecule has 4 N–H and O–H groups in total. The first-order valence-corrected chi connectivity index (χ1v) is 12.0. The zero-order valence-electron chi connectivity index (χ0n) is 19.3. The molecule has 1 amide bonds. The largest absolute Gasteiger partial charge is 0.434 e. The number of aryl methyl sites for hydroxylation is 1. The topological polar surface area (TPSA) is 187 Å². The number of carbonyl (C=O) groups is 1. The highest BCUT2D eigenvalue weighted by molar-refractivity contribution is 7.89. The number of amides is 1. The van der Waals surface area contributed by atoms with E-state index in [0.29, 0.717) is 5.56 Å². The molecule has 0 bridgehead atoms. The summed E-state index contributed by atoms with van der Waals surface area (Å²) < 4.78 is 54.7. The molecule has 0 fully saturated rings. The molecular formula is C22H21FN6O6S. The molecule has 4 rings (SSSR count). The minimum atomic E-state index is -4.56. The number of hydrogen-bond donors (Lipinski definition) is 3. The van der Waals surface area contributed by atoms with Crippen molar-refractivity contribution >= 4 is 15.9 Å². The molecule has 0 saturated carbocycles. The fourth-order valence-corrected chi connectivity index (χ4v) is 5.39. The number of benzene rings is 2. The Morgan fingerprint density at radius 3 is 2.58 bits per heavy atom. The Kier molecular flexibility index (Phi) is 6.56. The van der Waals surface area contributed by atoms with Crippen molar-refractivity contribution in [3.63, 3.8) is 0 Å². The molecule has 2 heterocycles. The highest BCUT2D eigenvalue weighted by atomic mass is 32.2. The lowest BCUT2D eigenvalue weighted by molar-refractivity contribution is 0.0997. The van der Waals surface area contributed by atoms with Gasteiger partial charge < -0.3 is 14.6 Å². The molecule has 2 aromatic carbocycles. The van der Waals surface area contributed by atoms with E-state index >= 15 is 0 Å². The van der Waals surface area contributed by atoms with Crippen LogP contribution in [0, 0.1) is 19.7 Å². The summed E-state index contributed by atoms with van der Waals surface area (Å²) in [5, 5.41) is 13.1. The molecular weight excluding hydrogens is 495 g/mol. The predicted octanol–water partition coefficient (Wildman–Crippen LogP) is 2.09. The molecule has 0 aliphatic heterocycles. The highest BCUT2D eigenvalue weighted by Gasteiger charge is 2.35. The van der Waals surface area contributed by atoms with Crippen molar-refractivity contribution in [2.45, 2.75) is 37.6 Å². The summed E-state index contributed by atoms with van der Waals surface area (Å²) in [6.45, 7) is 5.02. The second-order valence-electron chi connectivity index (χ2n) is 8.06. The van der Waals surface area contributed by atoms with Crippen LogP contribution in [0.4, 0.5) is 4.39 Å². The second-order valence-corrected chi connectivity index (χ2v) is 9.74. The maximum atomic E-state index is 14.9. The molecule has 0 radical (unpaired) electrons. The number of nitrogens with zero attached hydrogens (tertiary/aromatic N) is 3. The maximum absolute atomic E-state index is 14.9. The molecule has 2 atom stereocenters. The van der Waals surface area contributed by atoms with Crippen LogP contribution < -0.4 is 16.2 Å². The Labute approximate surface area is 203 Å². The summed E-state index contributed by atoms with van der Waals surface area (Å²) in [5.74, 6) is -3.75. The van der Waals surface area contributed by atoms with Gasteiger partial charge in [-0.05, 0) is 54.8 Å². The van der Waals surface area contributed by atoms with Gasteiger partial charge in [0, 0.05) is 11.5 Å². The zero-order chi connectivity index (χ0) is 26.2. The number of hydrogen-bond acceptors (Lipinski definition) is 9. The second kappa shape index (κ2) is 9.47. The lowest BCUT2D eigenvalue weighted by Crippen LogP contribution is -2.34. The van der Waals surface area contributed by atoms with Crippen LogP contribution >= 0.6 is 0 Å². The quantitative estimate of drug-likeness (QED) is 0.315. The Bertz CT molecular complexity index is 1600. The molecule has 12 nitrogen and oxygen atoms in total. The third-order valence-corrected chi connectivity index (χ3v) is 7.32. The zero-order valence-corrected chi connectivity index (χ0v) is 20.1. The fourth-order valence-electron chi connectivity index (χ4n) is 3.88. The van der Waals surface area contributed by atoms with E-state index in [9.17, 15) is 22.4 Å². The summed E-state index contributed by atoms with van der Waals surface area (Å²) in [6, 6.07) is 5.24. The predicted molar refractivity (Wildman–Crippen MR) is 123 cm³/mol. The average molecular weight is 517 g/mol. The molecule has 2 unspecified atom stereocenters. The van der Waals surface area contributed by atoms with Crippen LogP contribution in [0.15, 0.2) is 55.2 Å². The summed E-state index contributed by atoms with van der Waals surface area (Å²) >= 11 is 0. The number of carbonyl (C=O) groups excluding carboxylic acids is 1. The number of nitrogens with two attached hydrogens (primary N) is 1. The van der Waals surface area contributed by atoms with Gasteiger partial charge in [-0.25, -0.2) is 22.7 Å². The van der Waals surface area contributed by atoms with Gasteiger partial charge in [0.25, 0.3) is 0 Å². The van der Waals surface area contributed by atoms with Gasteiger partial charge in [0.2, 0.25) is 34.1 Å². The van der Waals surface area contributed by atoms with E-state index in [-0.39, 0.29) is 28.5 Å². The average Bonchev–Trinajstić information content (AvgIpc) is 3.52. The summed E-state index contributed by atoms with van der Waals surface area (Å²) in [6.07, 6.45) is 1.06. The van der Waals surface area contributed by atoms with Crippen molar-refractivity contribution in [1.29, 1.82) is 0 Å². The first kappa shape index (κ1) is 24.9. The third-order valence-electron chi connectivity index (χ3n) is 5.83. The van der Waals surface area contributed by atoms with Crippen LogP contribution in [0.3, 0.4) is 0 Å². The van der Waals surface area contributed by atoms with Crippen molar-refractivity contribution in [3.8, 4) is 11.5 Å². The van der Waals surface area contributed by atoms with Gasteiger partial charge in [0.1, 0.15) is 11.9 Å². The molecule has 2 aromatic heterocycles. The minimum Gasteiger partial charge on any atom is -0.423 e. The van der Waals surface area contributed by atoms with Crippen LogP contribution in [0.1, 0.15) is 51.8 Å². The van der Waals surface area contributed by atoms with E-state index in [0.717, 1.165) is 18.0 Å². The number of aromatic nitrogens is 4. The SMILES string of the molecule is Cc1ccc(F)c(C(C)C(NS(=O)(=O)c2cc(-c3nnco3)ccc2C(N)=O)c2n[nH]c(=O)o2)c1C. The smallest absolute Gasteiger partial charge is 0.423 e.